The molecular weight excluding hydrogens is 294 g/mol. The molecule has 3 heteroatoms. The number of para-hydroxylation sites is 1. The van der Waals surface area contributed by atoms with E-state index < -0.39 is 0 Å². The molecule has 0 bridgehead atoms. The molecule has 1 aromatic carbocycles. The summed E-state index contributed by atoms with van der Waals surface area (Å²) in [6, 6.07) is 8.43. The fourth-order valence-electron chi connectivity index (χ4n) is 2.49. The Balaban J connectivity index is 1.50. The molecule has 1 aromatic heterocycles. The van der Waals surface area contributed by atoms with E-state index in [1.807, 2.05) is 23.1 Å². The number of aromatic nitrogens is 1. The number of thioether (sulfide) groups is 1. The maximum atomic E-state index is 4.67. The van der Waals surface area contributed by atoms with E-state index in [-0.39, 0.29) is 0 Å². The van der Waals surface area contributed by atoms with E-state index in [1.165, 1.54) is 72.6 Å². The van der Waals surface area contributed by atoms with Crippen molar-refractivity contribution >= 4 is 33.3 Å². The number of thiazole rings is 1. The van der Waals surface area contributed by atoms with Crippen molar-refractivity contribution in [3.63, 3.8) is 0 Å². The van der Waals surface area contributed by atoms with Crippen LogP contribution in [0.5, 0.6) is 0 Å². The average molecular weight is 322 g/mol. The van der Waals surface area contributed by atoms with Crippen molar-refractivity contribution < 1.29 is 0 Å². The van der Waals surface area contributed by atoms with E-state index in [9.17, 15) is 0 Å². The van der Waals surface area contributed by atoms with Gasteiger partial charge >= 0.3 is 0 Å². The van der Waals surface area contributed by atoms with E-state index in [4.69, 9.17) is 0 Å². The molecule has 1 heterocycles. The molecule has 0 saturated heterocycles. The predicted octanol–water partition coefficient (Wildman–Crippen LogP) is 6.92. The van der Waals surface area contributed by atoms with Crippen molar-refractivity contribution in [1.82, 2.24) is 4.98 Å². The molecule has 0 aliphatic rings. The van der Waals surface area contributed by atoms with Crippen LogP contribution in [0.1, 0.15) is 64.7 Å². The van der Waals surface area contributed by atoms with Crippen LogP contribution in [0, 0.1) is 0 Å². The largest absolute Gasteiger partial charge is 0.230 e. The lowest BCUT2D eigenvalue weighted by atomic mass is 10.1. The van der Waals surface area contributed by atoms with Crippen LogP contribution in [0.15, 0.2) is 28.6 Å². The predicted molar refractivity (Wildman–Crippen MR) is 97.6 cm³/mol. The van der Waals surface area contributed by atoms with Gasteiger partial charge in [-0.25, -0.2) is 4.98 Å². The summed E-state index contributed by atoms with van der Waals surface area (Å²) in [6.07, 6.45) is 12.6. The molecule has 2 aromatic rings. The second kappa shape index (κ2) is 10.2. The molecule has 0 atom stereocenters. The maximum Gasteiger partial charge on any atom is 0.151 e. The van der Waals surface area contributed by atoms with Gasteiger partial charge in [0.15, 0.2) is 4.34 Å². The van der Waals surface area contributed by atoms with Crippen LogP contribution in [0.2, 0.25) is 0 Å². The maximum absolute atomic E-state index is 4.67. The molecule has 21 heavy (non-hydrogen) atoms. The van der Waals surface area contributed by atoms with Gasteiger partial charge in [-0.3, -0.25) is 0 Å². The van der Waals surface area contributed by atoms with E-state index >= 15 is 0 Å². The molecule has 0 aliphatic heterocycles. The first kappa shape index (κ1) is 16.8. The number of rotatable bonds is 11. The molecule has 0 unspecified atom stereocenters. The Morgan fingerprint density at radius 2 is 1.57 bits per heavy atom. The minimum atomic E-state index is 1.15. The quantitative estimate of drug-likeness (QED) is 0.329. The fraction of sp³-hybridized carbons (Fsp3) is 0.611. The van der Waals surface area contributed by atoms with E-state index in [0.29, 0.717) is 0 Å². The molecule has 116 valence electrons. The van der Waals surface area contributed by atoms with Gasteiger partial charge in [0.1, 0.15) is 0 Å². The summed E-state index contributed by atoms with van der Waals surface area (Å²) in [7, 11) is 0. The van der Waals surface area contributed by atoms with Crippen LogP contribution >= 0.6 is 23.1 Å². The zero-order valence-corrected chi connectivity index (χ0v) is 14.8. The lowest BCUT2D eigenvalue weighted by Gasteiger charge is -2.01. The normalized spacial score (nSPS) is 11.3. The molecule has 2 rings (SSSR count). The van der Waals surface area contributed by atoms with Gasteiger partial charge < -0.3 is 0 Å². The molecule has 0 N–H and O–H groups in total. The number of benzene rings is 1. The Bertz CT molecular complexity index is 474. The Labute approximate surface area is 137 Å². The molecule has 0 aliphatic carbocycles. The summed E-state index contributed by atoms with van der Waals surface area (Å²) < 4.78 is 2.54. The molecule has 1 nitrogen and oxygen atoms in total. The second-order valence-corrected chi connectivity index (χ2v) is 8.00. The second-order valence-electron chi connectivity index (χ2n) is 5.62. The van der Waals surface area contributed by atoms with Crippen molar-refractivity contribution in [2.75, 3.05) is 5.75 Å². The zero-order chi connectivity index (χ0) is 14.8. The summed E-state index contributed by atoms with van der Waals surface area (Å²) in [5, 5.41) is 0. The minimum Gasteiger partial charge on any atom is -0.230 e. The van der Waals surface area contributed by atoms with E-state index in [2.05, 4.69) is 36.2 Å². The van der Waals surface area contributed by atoms with Gasteiger partial charge in [0.2, 0.25) is 0 Å². The van der Waals surface area contributed by atoms with Crippen LogP contribution < -0.4 is 0 Å². The average Bonchev–Trinajstić information content (AvgIpc) is 2.92. The number of nitrogens with zero attached hydrogens (tertiary/aromatic N) is 1. The van der Waals surface area contributed by atoms with E-state index in [1.54, 1.807) is 0 Å². The highest BCUT2D eigenvalue weighted by Crippen LogP contribution is 2.29. The highest BCUT2D eigenvalue weighted by Gasteiger charge is 2.03. The van der Waals surface area contributed by atoms with Gasteiger partial charge in [-0.05, 0) is 18.6 Å². The summed E-state index contributed by atoms with van der Waals surface area (Å²) in [5.41, 5.74) is 1.15. The Morgan fingerprint density at radius 3 is 2.29 bits per heavy atom. The van der Waals surface area contributed by atoms with Gasteiger partial charge in [0.25, 0.3) is 0 Å². The smallest absolute Gasteiger partial charge is 0.151 e. The van der Waals surface area contributed by atoms with Crippen molar-refractivity contribution in [2.45, 2.75) is 69.1 Å². The molecule has 0 spiro atoms. The first-order valence-corrected chi connectivity index (χ1v) is 10.2. The van der Waals surface area contributed by atoms with Crippen LogP contribution in [0.25, 0.3) is 10.2 Å². The first-order chi connectivity index (χ1) is 10.4. The van der Waals surface area contributed by atoms with Crippen LogP contribution in [0.4, 0.5) is 0 Å². The molecule has 0 amide bonds. The first-order valence-electron chi connectivity index (χ1n) is 8.38. The van der Waals surface area contributed by atoms with Crippen molar-refractivity contribution in [1.29, 1.82) is 0 Å². The molecule has 0 fully saturated rings. The van der Waals surface area contributed by atoms with Crippen molar-refractivity contribution in [2.24, 2.45) is 0 Å². The van der Waals surface area contributed by atoms with Crippen LogP contribution in [-0.2, 0) is 0 Å². The van der Waals surface area contributed by atoms with Crippen molar-refractivity contribution in [3.05, 3.63) is 24.3 Å². The monoisotopic (exact) mass is 321 g/mol. The van der Waals surface area contributed by atoms with E-state index in [0.717, 1.165) is 5.52 Å². The van der Waals surface area contributed by atoms with Gasteiger partial charge in [-0.15, -0.1) is 11.3 Å². The fourth-order valence-corrected chi connectivity index (χ4v) is 4.62. The summed E-state index contributed by atoms with van der Waals surface area (Å²) in [4.78, 5) is 4.67. The topological polar surface area (TPSA) is 12.9 Å². The molecular formula is C18H27NS2. The number of unbranched alkanes of at least 4 members (excludes halogenated alkanes) is 8. The Morgan fingerprint density at radius 1 is 0.905 bits per heavy atom. The lowest BCUT2D eigenvalue weighted by Crippen LogP contribution is -1.83. The third-order valence-electron chi connectivity index (χ3n) is 3.75. The number of fused-ring (bicyclic) bond motifs is 1. The van der Waals surface area contributed by atoms with Gasteiger partial charge in [0.05, 0.1) is 10.2 Å². The third-order valence-corrected chi connectivity index (χ3v) is 6.01. The van der Waals surface area contributed by atoms with Crippen molar-refractivity contribution in [3.8, 4) is 0 Å². The molecule has 0 saturated carbocycles. The van der Waals surface area contributed by atoms with Gasteiger partial charge in [-0.1, -0.05) is 82.2 Å². The minimum absolute atomic E-state index is 1.15. The van der Waals surface area contributed by atoms with Crippen LogP contribution in [0.3, 0.4) is 0 Å². The summed E-state index contributed by atoms with van der Waals surface area (Å²) in [6.45, 7) is 2.28. The highest BCUT2D eigenvalue weighted by atomic mass is 32.2. The third kappa shape index (κ3) is 6.39. The lowest BCUT2D eigenvalue weighted by molar-refractivity contribution is 0.573. The highest BCUT2D eigenvalue weighted by molar-refractivity contribution is 8.01. The zero-order valence-electron chi connectivity index (χ0n) is 13.1. The summed E-state index contributed by atoms with van der Waals surface area (Å²) >= 11 is 3.76. The van der Waals surface area contributed by atoms with Gasteiger partial charge in [-0.2, -0.15) is 0 Å². The molecule has 0 radical (unpaired) electrons. The number of hydrogen-bond donors (Lipinski definition) is 0. The summed E-state index contributed by atoms with van der Waals surface area (Å²) in [5.74, 6) is 1.22. The standard InChI is InChI=1S/C18H27NS2/c1-2-3-4-5-6-7-8-9-12-15-20-18-19-16-13-10-11-14-17(16)21-18/h10-11,13-14H,2-9,12,15H2,1H3. The number of hydrogen-bond acceptors (Lipinski definition) is 3. The van der Waals surface area contributed by atoms with Gasteiger partial charge in [0, 0.05) is 5.75 Å². The SMILES string of the molecule is CCCCCCCCCCCSc1nc2ccccc2s1. The van der Waals surface area contributed by atoms with Crippen LogP contribution in [-0.4, -0.2) is 10.7 Å². The Kier molecular flexibility index (Phi) is 8.20. The Hall–Kier alpha value is -0.540.